The average molecular weight is 575 g/mol. The monoisotopic (exact) mass is 574 g/mol. The van der Waals surface area contributed by atoms with Crippen molar-refractivity contribution in [1.29, 1.82) is 0 Å². The van der Waals surface area contributed by atoms with E-state index in [1.165, 1.54) is 0 Å². The standard InChI is InChI=1S/C10H20F2O3S.C10H21FO3S.2K/c11-10(12)8-6-4-2-1-3-5-7-9-16(13,14)15;11-9-7-5-3-1-2-4-6-8-10-15(12,13)14;;/h10H,1-9H2,(H,13,14,15);1-10H2,(H,12,13,14);;/q;;2*+1/p-2. The average Bonchev–Trinajstić information content (AvgIpc) is 2.64. The maximum Gasteiger partial charge on any atom is 1.00 e. The molecule has 0 radical (unpaired) electrons. The smallest absolute Gasteiger partial charge is 0.748 e. The maximum absolute atomic E-state index is 11.7. The van der Waals surface area contributed by atoms with Gasteiger partial charge in [-0.25, -0.2) is 25.6 Å². The van der Waals surface area contributed by atoms with E-state index in [4.69, 9.17) is 0 Å². The zero-order chi connectivity index (χ0) is 24.0. The van der Waals surface area contributed by atoms with Crippen LogP contribution in [0.3, 0.4) is 0 Å². The summed E-state index contributed by atoms with van der Waals surface area (Å²) in [4.78, 5) is 0. The van der Waals surface area contributed by atoms with Crippen LogP contribution in [-0.2, 0) is 20.2 Å². The normalized spacial score (nSPS) is 11.3. The van der Waals surface area contributed by atoms with Gasteiger partial charge in [0.05, 0.1) is 26.9 Å². The molecule has 6 nitrogen and oxygen atoms in total. The van der Waals surface area contributed by atoms with Crippen LogP contribution in [0.1, 0.15) is 103 Å². The van der Waals surface area contributed by atoms with Crippen molar-refractivity contribution >= 4 is 20.2 Å². The van der Waals surface area contributed by atoms with E-state index in [1.54, 1.807) is 0 Å². The summed E-state index contributed by atoms with van der Waals surface area (Å²) in [6, 6.07) is 0. The molecule has 0 fully saturated rings. The number of rotatable bonds is 20. The summed E-state index contributed by atoms with van der Waals surface area (Å²) >= 11 is 0. The molecule has 0 saturated carbocycles. The molecule has 0 aromatic carbocycles. The molecular weight excluding hydrogens is 536 g/mol. The van der Waals surface area contributed by atoms with Gasteiger partial charge >= 0.3 is 103 Å². The van der Waals surface area contributed by atoms with Crippen LogP contribution in [0, 0.1) is 0 Å². The summed E-state index contributed by atoms with van der Waals surface area (Å²) in [6.07, 6.45) is 9.89. The van der Waals surface area contributed by atoms with Gasteiger partial charge in [-0.15, -0.1) is 0 Å². The van der Waals surface area contributed by atoms with Crippen LogP contribution in [0.2, 0.25) is 0 Å². The van der Waals surface area contributed by atoms with Gasteiger partial charge in [-0.2, -0.15) is 0 Å². The Balaban J connectivity index is -0.000000241. The first-order chi connectivity index (χ1) is 14.5. The van der Waals surface area contributed by atoms with Crippen LogP contribution >= 0.6 is 0 Å². The topological polar surface area (TPSA) is 114 Å². The fourth-order valence-electron chi connectivity index (χ4n) is 2.90. The summed E-state index contributed by atoms with van der Waals surface area (Å²) in [6.45, 7) is -0.235. The van der Waals surface area contributed by atoms with Gasteiger partial charge in [0.15, 0.2) is 0 Å². The van der Waals surface area contributed by atoms with Crippen LogP contribution in [0.4, 0.5) is 13.2 Å². The molecule has 0 saturated heterocycles. The molecule has 0 atom stereocenters. The zero-order valence-electron chi connectivity index (χ0n) is 20.4. The minimum atomic E-state index is -4.07. The molecular formula is C20H39F3K2O6S2. The summed E-state index contributed by atoms with van der Waals surface area (Å²) in [5.41, 5.74) is 0. The number of halogens is 3. The first kappa shape index (κ1) is 43.0. The van der Waals surface area contributed by atoms with Gasteiger partial charge in [0.2, 0.25) is 6.43 Å². The van der Waals surface area contributed by atoms with Gasteiger partial charge < -0.3 is 9.11 Å². The third-order valence-electron chi connectivity index (χ3n) is 4.59. The first-order valence-corrected chi connectivity index (χ1v) is 14.3. The second kappa shape index (κ2) is 29.4. The van der Waals surface area contributed by atoms with E-state index in [0.717, 1.165) is 70.6 Å². The van der Waals surface area contributed by atoms with E-state index in [-0.39, 0.29) is 127 Å². The molecule has 33 heavy (non-hydrogen) atoms. The van der Waals surface area contributed by atoms with Crippen molar-refractivity contribution < 1.29 is 142 Å². The molecule has 0 aromatic rings. The Labute approximate surface area is 284 Å². The first-order valence-electron chi connectivity index (χ1n) is 11.2. The van der Waals surface area contributed by atoms with Gasteiger partial charge in [-0.05, 0) is 25.7 Å². The van der Waals surface area contributed by atoms with E-state index in [9.17, 15) is 39.1 Å². The van der Waals surface area contributed by atoms with E-state index in [2.05, 4.69) is 0 Å². The Morgan fingerprint density at radius 2 is 0.788 bits per heavy atom. The number of alkyl halides is 3. The Morgan fingerprint density at radius 3 is 1.06 bits per heavy atom. The third kappa shape index (κ3) is 48.5. The van der Waals surface area contributed by atoms with Crippen molar-refractivity contribution in [1.82, 2.24) is 0 Å². The predicted octanol–water partition coefficient (Wildman–Crippen LogP) is -0.453. The Bertz CT molecular complexity index is 595. The van der Waals surface area contributed by atoms with Gasteiger partial charge in [0.25, 0.3) is 0 Å². The molecule has 190 valence electrons. The fourth-order valence-corrected chi connectivity index (χ4v) is 4.01. The number of unbranched alkanes of at least 4 members (excludes halogenated alkanes) is 13. The van der Waals surface area contributed by atoms with Crippen LogP contribution in [0.15, 0.2) is 0 Å². The van der Waals surface area contributed by atoms with Crippen LogP contribution in [-0.4, -0.2) is 50.5 Å². The van der Waals surface area contributed by atoms with Crippen molar-refractivity contribution in [2.45, 2.75) is 109 Å². The molecule has 0 N–H and O–H groups in total. The van der Waals surface area contributed by atoms with Crippen LogP contribution in [0.5, 0.6) is 0 Å². The van der Waals surface area contributed by atoms with Gasteiger partial charge in [0, 0.05) is 17.9 Å². The summed E-state index contributed by atoms with van der Waals surface area (Å²) in [7, 11) is -8.09. The van der Waals surface area contributed by atoms with E-state index >= 15 is 0 Å². The van der Waals surface area contributed by atoms with Gasteiger partial charge in [-0.3, -0.25) is 4.39 Å². The van der Waals surface area contributed by atoms with Gasteiger partial charge in [0.1, 0.15) is 0 Å². The summed E-state index contributed by atoms with van der Waals surface area (Å²) < 4.78 is 96.6. The molecule has 0 unspecified atom stereocenters. The summed E-state index contributed by atoms with van der Waals surface area (Å²) in [5.74, 6) is -0.534. The maximum atomic E-state index is 11.7. The molecule has 13 heteroatoms. The number of hydrogen-bond donors (Lipinski definition) is 0. The van der Waals surface area contributed by atoms with Crippen molar-refractivity contribution in [2.75, 3.05) is 18.2 Å². The Kier molecular flexibility index (Phi) is 38.3. The molecule has 0 spiro atoms. The Hall–Kier alpha value is 2.88. The predicted molar refractivity (Wildman–Crippen MR) is 115 cm³/mol. The molecule has 0 rings (SSSR count). The Morgan fingerprint density at radius 1 is 0.515 bits per heavy atom. The third-order valence-corrected chi connectivity index (χ3v) is 6.17. The second-order valence-corrected chi connectivity index (χ2v) is 10.7. The second-order valence-electron chi connectivity index (χ2n) is 7.70. The summed E-state index contributed by atoms with van der Waals surface area (Å²) in [5, 5.41) is 0. The fraction of sp³-hybridized carbons (Fsp3) is 1.00. The van der Waals surface area contributed by atoms with Gasteiger partial charge in [-0.1, -0.05) is 70.6 Å². The molecule has 0 amide bonds. The van der Waals surface area contributed by atoms with Crippen molar-refractivity contribution in [3.05, 3.63) is 0 Å². The molecule has 0 aromatic heterocycles. The minimum Gasteiger partial charge on any atom is -0.748 e. The van der Waals surface area contributed by atoms with E-state index < -0.39 is 26.7 Å². The SMILES string of the molecule is O=S(=O)([O-])CCCCCCCCCC(F)F.O=S(=O)([O-])CCCCCCCCCCF.[K+].[K+]. The van der Waals surface area contributed by atoms with Crippen molar-refractivity contribution in [2.24, 2.45) is 0 Å². The molecule has 0 heterocycles. The number of hydrogen-bond acceptors (Lipinski definition) is 6. The van der Waals surface area contributed by atoms with E-state index in [0.29, 0.717) is 25.7 Å². The van der Waals surface area contributed by atoms with Crippen molar-refractivity contribution in [3.63, 3.8) is 0 Å². The van der Waals surface area contributed by atoms with Crippen molar-refractivity contribution in [3.8, 4) is 0 Å². The molecule has 0 aliphatic carbocycles. The molecule has 0 bridgehead atoms. The minimum absolute atomic E-state index is 0. The largest absolute Gasteiger partial charge is 1.00 e. The molecule has 0 aliphatic heterocycles. The van der Waals surface area contributed by atoms with E-state index in [1.807, 2.05) is 0 Å². The van der Waals surface area contributed by atoms with Crippen LogP contribution < -0.4 is 103 Å². The van der Waals surface area contributed by atoms with Crippen LogP contribution in [0.25, 0.3) is 0 Å². The zero-order valence-corrected chi connectivity index (χ0v) is 28.3. The molecule has 0 aliphatic rings. The quantitative estimate of drug-likeness (QED) is 0.111.